The van der Waals surface area contributed by atoms with Gasteiger partial charge in [0.2, 0.25) is 5.91 Å². The highest BCUT2D eigenvalue weighted by molar-refractivity contribution is 5.88. The van der Waals surface area contributed by atoms with Crippen LogP contribution in [0.5, 0.6) is 0 Å². The first kappa shape index (κ1) is 18.8. The van der Waals surface area contributed by atoms with Crippen molar-refractivity contribution in [2.24, 2.45) is 10.8 Å². The van der Waals surface area contributed by atoms with Crippen LogP contribution in [0.3, 0.4) is 0 Å². The molecule has 0 aromatic carbocycles. The molecule has 5 nitrogen and oxygen atoms in total. The van der Waals surface area contributed by atoms with Crippen LogP contribution in [0.1, 0.15) is 60.8 Å². The number of alkyl carbamates (subject to hydrolysis) is 1. The molecular formula is C19H32N2O3. The number of amides is 2. The number of hydrogen-bond donors (Lipinski definition) is 1. The molecule has 24 heavy (non-hydrogen) atoms. The van der Waals surface area contributed by atoms with E-state index in [0.717, 1.165) is 19.4 Å². The van der Waals surface area contributed by atoms with E-state index in [1.807, 2.05) is 25.7 Å². The maximum Gasteiger partial charge on any atom is 0.407 e. The molecule has 2 bridgehead atoms. The van der Waals surface area contributed by atoms with Gasteiger partial charge in [0.15, 0.2) is 0 Å². The molecule has 2 atom stereocenters. The molecule has 2 aliphatic rings. The Morgan fingerprint density at radius 3 is 2.54 bits per heavy atom. The third kappa shape index (κ3) is 4.99. The summed E-state index contributed by atoms with van der Waals surface area (Å²) in [6.45, 7) is 13.5. The lowest BCUT2D eigenvalue weighted by molar-refractivity contribution is -0.127. The maximum absolute atomic E-state index is 12.5. The molecule has 2 unspecified atom stereocenters. The van der Waals surface area contributed by atoms with Crippen LogP contribution in [-0.4, -0.2) is 41.6 Å². The van der Waals surface area contributed by atoms with Crippen molar-refractivity contribution in [3.8, 4) is 0 Å². The molecule has 2 fully saturated rings. The van der Waals surface area contributed by atoms with Gasteiger partial charge in [-0.2, -0.15) is 0 Å². The van der Waals surface area contributed by atoms with Crippen molar-refractivity contribution >= 4 is 12.0 Å². The average molecular weight is 336 g/mol. The van der Waals surface area contributed by atoms with Gasteiger partial charge in [0, 0.05) is 25.2 Å². The molecule has 2 amide bonds. The minimum atomic E-state index is -0.515. The summed E-state index contributed by atoms with van der Waals surface area (Å²) in [5, 5.41) is 2.63. The van der Waals surface area contributed by atoms with Gasteiger partial charge in [-0.1, -0.05) is 26.8 Å². The Morgan fingerprint density at radius 2 is 1.92 bits per heavy atom. The molecule has 0 aromatic rings. The van der Waals surface area contributed by atoms with Crippen LogP contribution in [0.15, 0.2) is 12.2 Å². The first-order valence-electron chi connectivity index (χ1n) is 8.83. The standard InChI is InChI=1S/C19H32N2O3/c1-17(2,3)24-16(23)20-9-7-8-15(22)21-13-19(6)11-14(21)10-18(4,5)12-19/h7-8,14H,9-13H2,1-6H3,(H,20,23)/b8-7+. The number of ether oxygens (including phenoxy) is 1. The number of hydrogen-bond acceptors (Lipinski definition) is 3. The Balaban J connectivity index is 1.84. The van der Waals surface area contributed by atoms with E-state index in [1.165, 1.54) is 6.42 Å². The summed E-state index contributed by atoms with van der Waals surface area (Å²) in [6, 6.07) is 0.342. The first-order valence-corrected chi connectivity index (χ1v) is 8.83. The van der Waals surface area contributed by atoms with Crippen molar-refractivity contribution < 1.29 is 14.3 Å². The largest absolute Gasteiger partial charge is 0.444 e. The SMILES string of the molecule is CC1(C)CC2CC(C)(CN2C(=O)/C=C/CNC(=O)OC(C)(C)C)C1. The fourth-order valence-corrected chi connectivity index (χ4v) is 4.43. The Labute approximate surface area is 145 Å². The summed E-state index contributed by atoms with van der Waals surface area (Å²) >= 11 is 0. The van der Waals surface area contributed by atoms with E-state index < -0.39 is 11.7 Å². The van der Waals surface area contributed by atoms with Gasteiger partial charge in [0.05, 0.1) is 0 Å². The van der Waals surface area contributed by atoms with E-state index in [9.17, 15) is 9.59 Å². The van der Waals surface area contributed by atoms with Gasteiger partial charge in [0.1, 0.15) is 5.60 Å². The summed E-state index contributed by atoms with van der Waals surface area (Å²) in [7, 11) is 0. The number of carbonyl (C=O) groups is 2. The van der Waals surface area contributed by atoms with E-state index in [1.54, 1.807) is 12.2 Å². The van der Waals surface area contributed by atoms with Crippen LogP contribution >= 0.6 is 0 Å². The number of likely N-dealkylation sites (tertiary alicyclic amines) is 1. The Bertz CT molecular complexity index is 533. The van der Waals surface area contributed by atoms with E-state index in [-0.39, 0.29) is 11.3 Å². The van der Waals surface area contributed by atoms with E-state index >= 15 is 0 Å². The molecule has 0 spiro atoms. The number of rotatable bonds is 3. The average Bonchev–Trinajstić information content (AvgIpc) is 2.61. The summed E-state index contributed by atoms with van der Waals surface area (Å²) < 4.78 is 5.16. The van der Waals surface area contributed by atoms with Crippen LogP contribution in [-0.2, 0) is 9.53 Å². The van der Waals surface area contributed by atoms with Gasteiger partial charge in [0.25, 0.3) is 0 Å². The second-order valence-electron chi connectivity index (χ2n) is 9.47. The topological polar surface area (TPSA) is 58.6 Å². The third-order valence-corrected chi connectivity index (χ3v) is 4.72. The number of carbonyl (C=O) groups excluding carboxylic acids is 2. The Morgan fingerprint density at radius 1 is 1.25 bits per heavy atom. The molecule has 1 aliphatic carbocycles. The summed E-state index contributed by atoms with van der Waals surface area (Å²) in [4.78, 5) is 26.1. The van der Waals surface area contributed by atoms with Crippen LogP contribution in [0, 0.1) is 10.8 Å². The lowest BCUT2D eigenvalue weighted by Gasteiger charge is -2.39. The minimum absolute atomic E-state index is 0.0485. The summed E-state index contributed by atoms with van der Waals surface area (Å²) in [6.07, 6.45) is 6.15. The molecule has 1 heterocycles. The molecule has 0 radical (unpaired) electrons. The van der Waals surface area contributed by atoms with Crippen molar-refractivity contribution in [2.45, 2.75) is 72.4 Å². The van der Waals surface area contributed by atoms with Crippen molar-refractivity contribution in [3.05, 3.63) is 12.2 Å². The van der Waals surface area contributed by atoms with E-state index in [4.69, 9.17) is 4.74 Å². The molecule has 1 N–H and O–H groups in total. The predicted octanol–water partition coefficient (Wildman–Crippen LogP) is 3.49. The van der Waals surface area contributed by atoms with Crippen molar-refractivity contribution in [1.82, 2.24) is 10.2 Å². The zero-order chi connectivity index (χ0) is 18.2. The van der Waals surface area contributed by atoms with Crippen LogP contribution in [0.2, 0.25) is 0 Å². The Hall–Kier alpha value is -1.52. The van der Waals surface area contributed by atoms with Crippen molar-refractivity contribution in [2.75, 3.05) is 13.1 Å². The molecule has 5 heteroatoms. The maximum atomic E-state index is 12.5. The Kier molecular flexibility index (Phi) is 5.03. The molecule has 2 rings (SSSR count). The van der Waals surface area contributed by atoms with Gasteiger partial charge in [-0.25, -0.2) is 4.79 Å². The lowest BCUT2D eigenvalue weighted by atomic mass is 9.65. The van der Waals surface area contributed by atoms with Crippen LogP contribution < -0.4 is 5.32 Å². The highest BCUT2D eigenvalue weighted by atomic mass is 16.6. The zero-order valence-electron chi connectivity index (χ0n) is 15.9. The quantitative estimate of drug-likeness (QED) is 0.803. The second kappa shape index (κ2) is 6.41. The van der Waals surface area contributed by atoms with Crippen molar-refractivity contribution in [1.29, 1.82) is 0 Å². The minimum Gasteiger partial charge on any atom is -0.444 e. The second-order valence-corrected chi connectivity index (χ2v) is 9.47. The monoisotopic (exact) mass is 336 g/mol. The molecule has 1 aliphatic heterocycles. The third-order valence-electron chi connectivity index (χ3n) is 4.72. The molecule has 136 valence electrons. The highest BCUT2D eigenvalue weighted by Gasteiger charge is 2.50. The van der Waals surface area contributed by atoms with E-state index in [2.05, 4.69) is 26.1 Å². The first-order chi connectivity index (χ1) is 10.9. The predicted molar refractivity (Wildman–Crippen MR) is 94.6 cm³/mol. The summed E-state index contributed by atoms with van der Waals surface area (Å²) in [5.74, 6) is 0.0485. The van der Waals surface area contributed by atoms with Gasteiger partial charge in [-0.3, -0.25) is 4.79 Å². The molecule has 1 saturated heterocycles. The van der Waals surface area contributed by atoms with Crippen LogP contribution in [0.25, 0.3) is 0 Å². The molecule has 1 saturated carbocycles. The van der Waals surface area contributed by atoms with E-state index in [0.29, 0.717) is 18.0 Å². The van der Waals surface area contributed by atoms with Gasteiger partial charge in [-0.05, 0) is 50.9 Å². The highest BCUT2D eigenvalue weighted by Crippen LogP contribution is 2.52. The fourth-order valence-electron chi connectivity index (χ4n) is 4.43. The van der Waals surface area contributed by atoms with Gasteiger partial charge < -0.3 is 15.0 Å². The van der Waals surface area contributed by atoms with Gasteiger partial charge in [-0.15, -0.1) is 0 Å². The number of nitrogens with zero attached hydrogens (tertiary/aromatic N) is 1. The summed E-state index contributed by atoms with van der Waals surface area (Å²) in [5.41, 5.74) is 0.0261. The number of nitrogens with one attached hydrogen (secondary N) is 1. The zero-order valence-corrected chi connectivity index (χ0v) is 15.9. The number of fused-ring (bicyclic) bond motifs is 2. The van der Waals surface area contributed by atoms with Crippen molar-refractivity contribution in [3.63, 3.8) is 0 Å². The smallest absolute Gasteiger partial charge is 0.407 e. The van der Waals surface area contributed by atoms with Crippen LogP contribution in [0.4, 0.5) is 4.79 Å². The van der Waals surface area contributed by atoms with Gasteiger partial charge >= 0.3 is 6.09 Å². The fraction of sp³-hybridized carbons (Fsp3) is 0.789. The lowest BCUT2D eigenvalue weighted by Crippen LogP contribution is -2.37. The normalized spacial score (nSPS) is 28.9. The molecular weight excluding hydrogens is 304 g/mol. The molecule has 0 aromatic heterocycles.